The number of amides is 1. The lowest BCUT2D eigenvalue weighted by molar-refractivity contribution is 0.0398. The van der Waals surface area contributed by atoms with Crippen LogP contribution in [-0.4, -0.2) is 73.8 Å². The highest BCUT2D eigenvalue weighted by atomic mass is 16.5. The van der Waals surface area contributed by atoms with Gasteiger partial charge in [-0.1, -0.05) is 18.2 Å². The lowest BCUT2D eigenvalue weighted by Crippen LogP contribution is -2.39. The Labute approximate surface area is 165 Å². The highest BCUT2D eigenvalue weighted by Crippen LogP contribution is 2.17. The summed E-state index contributed by atoms with van der Waals surface area (Å²) in [5, 5.41) is 6.08. The molecule has 0 bridgehead atoms. The Morgan fingerprint density at radius 2 is 2.04 bits per heavy atom. The molecule has 3 rings (SSSR count). The van der Waals surface area contributed by atoms with Crippen molar-refractivity contribution >= 4 is 11.9 Å². The van der Waals surface area contributed by atoms with Crippen LogP contribution in [0.15, 0.2) is 36.5 Å². The molecule has 150 valence electrons. The van der Waals surface area contributed by atoms with Crippen LogP contribution in [0.25, 0.3) is 0 Å². The van der Waals surface area contributed by atoms with Crippen LogP contribution in [0.5, 0.6) is 5.75 Å². The van der Waals surface area contributed by atoms with Gasteiger partial charge in [0.2, 0.25) is 5.95 Å². The highest BCUT2D eigenvalue weighted by Gasteiger charge is 2.11. The van der Waals surface area contributed by atoms with Gasteiger partial charge in [-0.05, 0) is 24.1 Å². The van der Waals surface area contributed by atoms with Crippen LogP contribution >= 0.6 is 0 Å². The van der Waals surface area contributed by atoms with Crippen LogP contribution in [0.1, 0.15) is 16.1 Å². The van der Waals surface area contributed by atoms with E-state index >= 15 is 0 Å². The Morgan fingerprint density at radius 1 is 1.21 bits per heavy atom. The molecule has 1 fully saturated rings. The van der Waals surface area contributed by atoms with Crippen molar-refractivity contribution in [1.29, 1.82) is 0 Å². The van der Waals surface area contributed by atoms with Crippen molar-refractivity contribution in [2.75, 3.05) is 58.4 Å². The third kappa shape index (κ3) is 5.90. The van der Waals surface area contributed by atoms with E-state index < -0.39 is 0 Å². The topological polar surface area (TPSA) is 88.6 Å². The Hall–Kier alpha value is -2.71. The van der Waals surface area contributed by atoms with E-state index in [1.165, 1.54) is 0 Å². The van der Waals surface area contributed by atoms with Crippen molar-refractivity contribution in [3.63, 3.8) is 0 Å². The number of benzene rings is 1. The molecule has 0 aliphatic carbocycles. The molecule has 8 heteroatoms. The zero-order valence-electron chi connectivity index (χ0n) is 16.2. The molecule has 2 N–H and O–H groups in total. The van der Waals surface area contributed by atoms with E-state index in [1.807, 2.05) is 24.3 Å². The predicted octanol–water partition coefficient (Wildman–Crippen LogP) is 1.20. The van der Waals surface area contributed by atoms with E-state index in [-0.39, 0.29) is 5.91 Å². The fourth-order valence-electron chi connectivity index (χ4n) is 3.03. The van der Waals surface area contributed by atoms with E-state index in [9.17, 15) is 4.79 Å². The predicted molar refractivity (Wildman–Crippen MR) is 107 cm³/mol. The molecule has 8 nitrogen and oxygen atoms in total. The summed E-state index contributed by atoms with van der Waals surface area (Å²) >= 11 is 0. The molecule has 0 unspecified atom stereocenters. The average Bonchev–Trinajstić information content (AvgIpc) is 2.75. The summed E-state index contributed by atoms with van der Waals surface area (Å²) in [7, 11) is 1.64. The minimum atomic E-state index is -0.214. The van der Waals surface area contributed by atoms with E-state index in [0.717, 1.165) is 50.7 Å². The molecule has 1 amide bonds. The SMILES string of the molecule is COc1ccccc1CCNC(=O)c1ccnc(NCCN2CCOCC2)n1. The van der Waals surface area contributed by atoms with E-state index in [1.54, 1.807) is 19.4 Å². The van der Waals surface area contributed by atoms with E-state index in [4.69, 9.17) is 9.47 Å². The van der Waals surface area contributed by atoms with Gasteiger partial charge in [-0.2, -0.15) is 0 Å². The zero-order chi connectivity index (χ0) is 19.6. The average molecular weight is 385 g/mol. The van der Waals surface area contributed by atoms with Crippen LogP contribution in [-0.2, 0) is 11.2 Å². The summed E-state index contributed by atoms with van der Waals surface area (Å²) in [6, 6.07) is 9.41. The Balaban J connectivity index is 1.45. The monoisotopic (exact) mass is 385 g/mol. The van der Waals surface area contributed by atoms with Gasteiger partial charge in [-0.15, -0.1) is 0 Å². The minimum Gasteiger partial charge on any atom is -0.496 e. The number of anilines is 1. The molecule has 2 aromatic rings. The molecule has 28 heavy (non-hydrogen) atoms. The first-order chi connectivity index (χ1) is 13.8. The molecule has 1 aliphatic rings. The normalized spacial score (nSPS) is 14.5. The van der Waals surface area contributed by atoms with Crippen LogP contribution in [0.3, 0.4) is 0 Å². The quantitative estimate of drug-likeness (QED) is 0.671. The number of para-hydroxylation sites is 1. The number of carbonyl (C=O) groups excluding carboxylic acids is 1. The Morgan fingerprint density at radius 3 is 2.86 bits per heavy atom. The number of ether oxygens (including phenoxy) is 2. The molecule has 2 heterocycles. The maximum absolute atomic E-state index is 12.4. The summed E-state index contributed by atoms with van der Waals surface area (Å²) in [6.45, 7) is 5.56. The third-order valence-electron chi connectivity index (χ3n) is 4.58. The van der Waals surface area contributed by atoms with Crippen LogP contribution in [0, 0.1) is 0 Å². The highest BCUT2D eigenvalue weighted by molar-refractivity contribution is 5.92. The molecular weight excluding hydrogens is 358 g/mol. The van der Waals surface area contributed by atoms with Gasteiger partial charge in [-0.3, -0.25) is 9.69 Å². The number of nitrogens with one attached hydrogen (secondary N) is 2. The van der Waals surface area contributed by atoms with Gasteiger partial charge >= 0.3 is 0 Å². The van der Waals surface area contributed by atoms with Gasteiger partial charge in [0.1, 0.15) is 11.4 Å². The molecule has 0 saturated carbocycles. The molecule has 1 aromatic heterocycles. The number of rotatable bonds is 9. The lowest BCUT2D eigenvalue weighted by atomic mass is 10.1. The number of hydrogen-bond acceptors (Lipinski definition) is 7. The lowest BCUT2D eigenvalue weighted by Gasteiger charge is -2.26. The van der Waals surface area contributed by atoms with E-state index in [2.05, 4.69) is 25.5 Å². The molecule has 1 aliphatic heterocycles. The summed E-state index contributed by atoms with van der Waals surface area (Å²) in [5.41, 5.74) is 1.40. The van der Waals surface area contributed by atoms with Gasteiger partial charge < -0.3 is 20.1 Å². The zero-order valence-corrected chi connectivity index (χ0v) is 16.2. The summed E-state index contributed by atoms with van der Waals surface area (Å²) in [6.07, 6.45) is 2.28. The second-order valence-electron chi connectivity index (χ2n) is 6.46. The summed E-state index contributed by atoms with van der Waals surface area (Å²) < 4.78 is 10.7. The first-order valence-corrected chi connectivity index (χ1v) is 9.53. The number of nitrogens with zero attached hydrogens (tertiary/aromatic N) is 3. The molecular formula is C20H27N5O3. The second-order valence-corrected chi connectivity index (χ2v) is 6.46. The van der Waals surface area contributed by atoms with Gasteiger partial charge in [-0.25, -0.2) is 9.97 Å². The Bertz CT molecular complexity index is 765. The maximum Gasteiger partial charge on any atom is 0.270 e. The molecule has 1 aromatic carbocycles. The molecule has 1 saturated heterocycles. The van der Waals surface area contributed by atoms with Gasteiger partial charge in [0.25, 0.3) is 5.91 Å². The molecule has 0 radical (unpaired) electrons. The van der Waals surface area contributed by atoms with Gasteiger partial charge in [0.15, 0.2) is 0 Å². The number of carbonyl (C=O) groups is 1. The Kier molecular flexibility index (Phi) is 7.57. The number of methoxy groups -OCH3 is 1. The van der Waals surface area contributed by atoms with Crippen molar-refractivity contribution in [3.05, 3.63) is 47.8 Å². The first-order valence-electron chi connectivity index (χ1n) is 9.53. The number of aromatic nitrogens is 2. The second kappa shape index (κ2) is 10.6. The van der Waals surface area contributed by atoms with Crippen LogP contribution < -0.4 is 15.4 Å². The molecule has 0 atom stereocenters. The van der Waals surface area contributed by atoms with Gasteiger partial charge in [0, 0.05) is 38.9 Å². The van der Waals surface area contributed by atoms with E-state index in [0.29, 0.717) is 24.6 Å². The van der Waals surface area contributed by atoms with Crippen LogP contribution in [0.4, 0.5) is 5.95 Å². The summed E-state index contributed by atoms with van der Waals surface area (Å²) in [5.74, 6) is 1.07. The van der Waals surface area contributed by atoms with Crippen molar-refractivity contribution < 1.29 is 14.3 Å². The van der Waals surface area contributed by atoms with Crippen molar-refractivity contribution in [2.24, 2.45) is 0 Å². The smallest absolute Gasteiger partial charge is 0.270 e. The van der Waals surface area contributed by atoms with Crippen LogP contribution in [0.2, 0.25) is 0 Å². The number of morpholine rings is 1. The fourth-order valence-corrected chi connectivity index (χ4v) is 3.03. The molecule has 0 spiro atoms. The van der Waals surface area contributed by atoms with Crippen molar-refractivity contribution in [3.8, 4) is 5.75 Å². The number of hydrogen-bond donors (Lipinski definition) is 2. The van der Waals surface area contributed by atoms with Gasteiger partial charge in [0.05, 0.1) is 20.3 Å². The van der Waals surface area contributed by atoms with Crippen molar-refractivity contribution in [1.82, 2.24) is 20.2 Å². The minimum absolute atomic E-state index is 0.214. The maximum atomic E-state index is 12.4. The largest absolute Gasteiger partial charge is 0.496 e. The third-order valence-corrected chi connectivity index (χ3v) is 4.58. The standard InChI is InChI=1S/C20H27N5O3/c1-27-18-5-3-2-4-16(18)6-8-21-19(26)17-7-9-22-20(24-17)23-10-11-25-12-14-28-15-13-25/h2-5,7,9H,6,8,10-15H2,1H3,(H,21,26)(H,22,23,24). The van der Waals surface area contributed by atoms with Crippen molar-refractivity contribution in [2.45, 2.75) is 6.42 Å². The first kappa shape index (κ1) is 20.0. The summed E-state index contributed by atoms with van der Waals surface area (Å²) in [4.78, 5) is 23.2. The fraction of sp³-hybridized carbons (Fsp3) is 0.450.